The lowest BCUT2D eigenvalue weighted by molar-refractivity contribution is -0.130. The van der Waals surface area contributed by atoms with Gasteiger partial charge in [-0.1, -0.05) is 17.7 Å². The molecule has 146 valence electrons. The van der Waals surface area contributed by atoms with Crippen molar-refractivity contribution in [2.45, 2.75) is 32.8 Å². The molecule has 4 amide bonds. The van der Waals surface area contributed by atoms with Crippen molar-refractivity contribution in [3.05, 3.63) is 34.9 Å². The summed E-state index contributed by atoms with van der Waals surface area (Å²) in [7, 11) is 0. The van der Waals surface area contributed by atoms with Crippen LogP contribution < -0.4 is 16.3 Å². The van der Waals surface area contributed by atoms with Crippen LogP contribution in [0.1, 0.15) is 37.6 Å². The number of amides is 4. The summed E-state index contributed by atoms with van der Waals surface area (Å²) >= 11 is 5.81. The van der Waals surface area contributed by atoms with Crippen LogP contribution in [0.25, 0.3) is 0 Å². The molecule has 10 heteroatoms. The summed E-state index contributed by atoms with van der Waals surface area (Å²) in [6, 6.07) is 6.22. The summed E-state index contributed by atoms with van der Waals surface area (Å²) in [6.45, 7) is 5.04. The number of hydrazine groups is 2. The van der Waals surface area contributed by atoms with Gasteiger partial charge in [-0.25, -0.2) is 10.2 Å². The molecule has 0 saturated carbocycles. The third kappa shape index (κ3) is 6.14. The highest BCUT2D eigenvalue weighted by molar-refractivity contribution is 6.30. The van der Waals surface area contributed by atoms with Crippen molar-refractivity contribution >= 4 is 35.4 Å². The van der Waals surface area contributed by atoms with Crippen molar-refractivity contribution in [1.82, 2.24) is 21.3 Å². The molecule has 0 spiro atoms. The predicted molar refractivity (Wildman–Crippen MR) is 96.3 cm³/mol. The molecule has 0 aliphatic carbocycles. The lowest BCUT2D eigenvalue weighted by Crippen LogP contribution is -2.47. The first-order valence-corrected chi connectivity index (χ1v) is 8.59. The second-order valence-corrected chi connectivity index (χ2v) is 7.41. The maximum atomic E-state index is 12.2. The predicted octanol–water partition coefficient (Wildman–Crippen LogP) is 1.39. The van der Waals surface area contributed by atoms with Gasteiger partial charge in [-0.15, -0.1) is 0 Å². The number of carbonyl (C=O) groups is 4. The molecule has 0 unspecified atom stereocenters. The first-order chi connectivity index (χ1) is 12.5. The van der Waals surface area contributed by atoms with Crippen molar-refractivity contribution in [3.63, 3.8) is 0 Å². The van der Waals surface area contributed by atoms with Gasteiger partial charge in [-0.2, -0.15) is 0 Å². The number of rotatable bonds is 3. The summed E-state index contributed by atoms with van der Waals surface area (Å²) in [4.78, 5) is 47.9. The van der Waals surface area contributed by atoms with Crippen LogP contribution in [0.2, 0.25) is 5.02 Å². The first kappa shape index (κ1) is 20.5. The minimum absolute atomic E-state index is 0.0308. The van der Waals surface area contributed by atoms with E-state index in [9.17, 15) is 19.2 Å². The zero-order valence-corrected chi connectivity index (χ0v) is 15.9. The Balaban J connectivity index is 1.84. The SMILES string of the molecule is CC(C)(C)OC(=O)NN1C[C@H](C(=O)NNC(=O)c2cccc(Cl)c2)CC1=O. The van der Waals surface area contributed by atoms with Crippen molar-refractivity contribution in [2.75, 3.05) is 6.54 Å². The Hall–Kier alpha value is -2.81. The molecule has 1 aliphatic heterocycles. The van der Waals surface area contributed by atoms with Crippen LogP contribution in [0, 0.1) is 5.92 Å². The molecule has 1 heterocycles. The summed E-state index contributed by atoms with van der Waals surface area (Å²) < 4.78 is 5.07. The molecule has 1 aromatic rings. The Labute approximate surface area is 161 Å². The Kier molecular flexibility index (Phi) is 6.27. The minimum Gasteiger partial charge on any atom is -0.443 e. The monoisotopic (exact) mass is 396 g/mol. The van der Waals surface area contributed by atoms with E-state index >= 15 is 0 Å². The van der Waals surface area contributed by atoms with Gasteiger partial charge in [0.05, 0.1) is 12.5 Å². The fourth-order valence-corrected chi connectivity index (χ4v) is 2.52. The average molecular weight is 397 g/mol. The van der Waals surface area contributed by atoms with Crippen molar-refractivity contribution in [2.24, 2.45) is 5.92 Å². The van der Waals surface area contributed by atoms with E-state index in [1.54, 1.807) is 39.0 Å². The largest absolute Gasteiger partial charge is 0.443 e. The number of nitrogens with zero attached hydrogens (tertiary/aromatic N) is 1. The molecule has 0 radical (unpaired) electrons. The van der Waals surface area contributed by atoms with Gasteiger partial charge < -0.3 is 4.74 Å². The van der Waals surface area contributed by atoms with Crippen LogP contribution in [0.5, 0.6) is 0 Å². The Morgan fingerprint density at radius 3 is 2.56 bits per heavy atom. The van der Waals surface area contributed by atoms with Crippen molar-refractivity contribution in [1.29, 1.82) is 0 Å². The van der Waals surface area contributed by atoms with E-state index < -0.39 is 35.3 Å². The molecule has 27 heavy (non-hydrogen) atoms. The minimum atomic E-state index is -0.786. The molecule has 0 aromatic heterocycles. The van der Waals surface area contributed by atoms with Crippen LogP contribution in [0.4, 0.5) is 4.79 Å². The molecule has 0 bridgehead atoms. The number of halogens is 1. The van der Waals surface area contributed by atoms with Crippen LogP contribution in [0.15, 0.2) is 24.3 Å². The number of carbonyl (C=O) groups excluding carboxylic acids is 4. The zero-order valence-electron chi connectivity index (χ0n) is 15.2. The first-order valence-electron chi connectivity index (χ1n) is 8.21. The van der Waals surface area contributed by atoms with E-state index in [1.807, 2.05) is 0 Å². The standard InChI is InChI=1S/C17H21ClN4O5/c1-17(2,3)27-16(26)21-22-9-11(8-13(22)23)15(25)20-19-14(24)10-5-4-6-12(18)7-10/h4-7,11H,8-9H2,1-3H3,(H,19,24)(H,20,25)(H,21,26)/t11-/m1/s1. The highest BCUT2D eigenvalue weighted by Crippen LogP contribution is 2.17. The van der Waals surface area contributed by atoms with Gasteiger partial charge in [0.1, 0.15) is 5.60 Å². The molecule has 1 aliphatic rings. The Morgan fingerprint density at radius 1 is 1.22 bits per heavy atom. The van der Waals surface area contributed by atoms with Gasteiger partial charge in [0.15, 0.2) is 0 Å². The molecule has 1 atom stereocenters. The third-order valence-corrected chi connectivity index (χ3v) is 3.74. The fraction of sp³-hybridized carbons (Fsp3) is 0.412. The second-order valence-electron chi connectivity index (χ2n) is 6.97. The topological polar surface area (TPSA) is 117 Å². The smallest absolute Gasteiger partial charge is 0.426 e. The highest BCUT2D eigenvalue weighted by atomic mass is 35.5. The lowest BCUT2D eigenvalue weighted by atomic mass is 10.1. The van der Waals surface area contributed by atoms with Crippen LogP contribution in [0.3, 0.4) is 0 Å². The zero-order chi connectivity index (χ0) is 20.2. The van der Waals surface area contributed by atoms with Crippen molar-refractivity contribution in [3.8, 4) is 0 Å². The number of hydrogen-bond donors (Lipinski definition) is 3. The van der Waals surface area contributed by atoms with E-state index in [2.05, 4.69) is 16.3 Å². The summed E-state index contributed by atoms with van der Waals surface area (Å²) in [5.41, 5.74) is 6.41. The number of nitrogens with one attached hydrogen (secondary N) is 3. The summed E-state index contributed by atoms with van der Waals surface area (Å²) in [5.74, 6) is -2.25. The van der Waals surface area contributed by atoms with Gasteiger partial charge in [0.25, 0.3) is 5.91 Å². The average Bonchev–Trinajstić information content (AvgIpc) is 2.91. The fourth-order valence-electron chi connectivity index (χ4n) is 2.32. The molecule has 9 nitrogen and oxygen atoms in total. The second kappa shape index (κ2) is 8.26. The van der Waals surface area contributed by atoms with Gasteiger partial charge in [0, 0.05) is 17.0 Å². The van der Waals surface area contributed by atoms with E-state index in [4.69, 9.17) is 16.3 Å². The molecular weight excluding hydrogens is 376 g/mol. The lowest BCUT2D eigenvalue weighted by Gasteiger charge is -2.23. The molecule has 2 rings (SSSR count). The highest BCUT2D eigenvalue weighted by Gasteiger charge is 2.36. The quantitative estimate of drug-likeness (QED) is 0.667. The van der Waals surface area contributed by atoms with E-state index in [0.717, 1.165) is 5.01 Å². The maximum absolute atomic E-state index is 12.2. The molecule has 3 N–H and O–H groups in total. The maximum Gasteiger partial charge on any atom is 0.426 e. The molecule has 1 aromatic carbocycles. The normalized spacial score (nSPS) is 16.7. The van der Waals surface area contributed by atoms with Gasteiger partial charge in [-0.3, -0.25) is 30.2 Å². The van der Waals surface area contributed by atoms with Gasteiger partial charge in [-0.05, 0) is 39.0 Å². The van der Waals surface area contributed by atoms with Gasteiger partial charge >= 0.3 is 6.09 Å². The number of ether oxygens (including phenoxy) is 1. The molecular formula is C17H21ClN4O5. The van der Waals surface area contributed by atoms with Gasteiger partial charge in [0.2, 0.25) is 11.8 Å². The Morgan fingerprint density at radius 2 is 1.93 bits per heavy atom. The van der Waals surface area contributed by atoms with Crippen molar-refractivity contribution < 1.29 is 23.9 Å². The summed E-state index contributed by atoms with van der Waals surface area (Å²) in [6.07, 6.45) is -0.888. The molecule has 1 saturated heterocycles. The van der Waals surface area contributed by atoms with Crippen LogP contribution in [-0.4, -0.2) is 41.0 Å². The number of benzene rings is 1. The molecule has 1 fully saturated rings. The number of hydrogen-bond acceptors (Lipinski definition) is 5. The van der Waals surface area contributed by atoms with E-state index in [0.29, 0.717) is 5.02 Å². The van der Waals surface area contributed by atoms with Crippen LogP contribution >= 0.6 is 11.6 Å². The third-order valence-electron chi connectivity index (χ3n) is 3.51. The van der Waals surface area contributed by atoms with E-state index in [-0.39, 0.29) is 18.5 Å². The Bertz CT molecular complexity index is 762. The van der Waals surface area contributed by atoms with E-state index in [1.165, 1.54) is 6.07 Å². The van der Waals surface area contributed by atoms with Crippen LogP contribution in [-0.2, 0) is 14.3 Å². The summed E-state index contributed by atoms with van der Waals surface area (Å²) in [5, 5.41) is 1.41.